The van der Waals surface area contributed by atoms with Crippen molar-refractivity contribution in [1.82, 2.24) is 10.4 Å². The Kier molecular flexibility index (Phi) is 6.83. The molecule has 1 aliphatic heterocycles. The molecule has 0 spiro atoms. The fraction of sp³-hybridized carbons (Fsp3) is 0.238. The van der Waals surface area contributed by atoms with Gasteiger partial charge in [0.15, 0.2) is 6.61 Å². The van der Waals surface area contributed by atoms with Gasteiger partial charge in [-0.25, -0.2) is 0 Å². The summed E-state index contributed by atoms with van der Waals surface area (Å²) >= 11 is 3.30. The Morgan fingerprint density at radius 3 is 2.53 bits per heavy atom. The fourth-order valence-corrected chi connectivity index (χ4v) is 3.23. The van der Waals surface area contributed by atoms with Gasteiger partial charge in [-0.2, -0.15) is 0 Å². The summed E-state index contributed by atoms with van der Waals surface area (Å²) in [5, 5.41) is 3.72. The summed E-state index contributed by atoms with van der Waals surface area (Å²) in [7, 11) is 0. The lowest BCUT2D eigenvalue weighted by atomic mass is 10.1. The third-order valence-electron chi connectivity index (χ3n) is 4.56. The van der Waals surface area contributed by atoms with Gasteiger partial charge in [-0.15, -0.1) is 0 Å². The second kappa shape index (κ2) is 9.53. The van der Waals surface area contributed by atoms with Crippen molar-refractivity contribution in [1.29, 1.82) is 0 Å². The summed E-state index contributed by atoms with van der Waals surface area (Å²) in [6, 6.07) is 13.9. The van der Waals surface area contributed by atoms with E-state index in [0.29, 0.717) is 11.3 Å². The molecule has 3 rings (SSSR count). The molecule has 0 aliphatic carbocycles. The zero-order valence-corrected chi connectivity index (χ0v) is 17.8. The molecular weight excluding hydrogens is 454 g/mol. The van der Waals surface area contributed by atoms with Crippen molar-refractivity contribution in [3.05, 3.63) is 64.1 Å². The lowest BCUT2D eigenvalue weighted by Gasteiger charge is -2.18. The third kappa shape index (κ3) is 5.44. The molecule has 1 aliphatic rings. The summed E-state index contributed by atoms with van der Waals surface area (Å²) in [6.07, 6.45) is -0.0960. The first kappa shape index (κ1) is 21.5. The Hall–Kier alpha value is -3.20. The van der Waals surface area contributed by atoms with Crippen LogP contribution in [0.1, 0.15) is 22.3 Å². The molecule has 2 aromatic carbocycles. The van der Waals surface area contributed by atoms with E-state index in [4.69, 9.17) is 4.74 Å². The number of nitrogens with one attached hydrogen (secondary N) is 2. The third-order valence-corrected chi connectivity index (χ3v) is 5.09. The van der Waals surface area contributed by atoms with E-state index in [2.05, 4.69) is 26.7 Å². The van der Waals surface area contributed by atoms with Gasteiger partial charge in [-0.1, -0.05) is 34.1 Å². The van der Waals surface area contributed by atoms with Gasteiger partial charge in [0.1, 0.15) is 0 Å². The van der Waals surface area contributed by atoms with Gasteiger partial charge < -0.3 is 10.1 Å². The molecule has 8 nitrogen and oxygen atoms in total. The van der Waals surface area contributed by atoms with Gasteiger partial charge in [-0.3, -0.25) is 29.6 Å². The average molecular weight is 474 g/mol. The van der Waals surface area contributed by atoms with Crippen LogP contribution in [0.2, 0.25) is 0 Å². The number of anilines is 1. The zero-order chi connectivity index (χ0) is 21.7. The Balaban J connectivity index is 1.48. The van der Waals surface area contributed by atoms with Crippen LogP contribution in [0.3, 0.4) is 0 Å². The largest absolute Gasteiger partial charge is 0.455 e. The summed E-state index contributed by atoms with van der Waals surface area (Å²) in [5.41, 5.74) is 4.31. The van der Waals surface area contributed by atoms with Crippen LogP contribution in [0, 0.1) is 12.8 Å². The van der Waals surface area contributed by atoms with Gasteiger partial charge in [0, 0.05) is 22.1 Å². The Labute approximate surface area is 181 Å². The number of carbonyl (C=O) groups excluding carboxylic acids is 4. The molecule has 2 N–H and O–H groups in total. The first-order chi connectivity index (χ1) is 14.3. The number of ether oxygens (including phenoxy) is 1. The van der Waals surface area contributed by atoms with Crippen molar-refractivity contribution in [3.63, 3.8) is 0 Å². The number of aryl methyl sites for hydroxylation is 1. The number of nitrogens with zero attached hydrogens (tertiary/aromatic N) is 1. The Bertz CT molecular complexity index is 977. The second-order valence-electron chi connectivity index (χ2n) is 6.82. The molecule has 156 valence electrons. The summed E-state index contributed by atoms with van der Waals surface area (Å²) < 4.78 is 5.91. The van der Waals surface area contributed by atoms with Crippen molar-refractivity contribution < 1.29 is 23.9 Å². The first-order valence-electron chi connectivity index (χ1n) is 9.22. The number of hydrogen-bond acceptors (Lipinski definition) is 5. The van der Waals surface area contributed by atoms with E-state index in [1.54, 1.807) is 49.4 Å². The molecule has 0 saturated carbocycles. The van der Waals surface area contributed by atoms with Gasteiger partial charge in [-0.05, 0) is 42.8 Å². The fourth-order valence-electron chi connectivity index (χ4n) is 2.97. The SMILES string of the molecule is Cc1ccccc1C(=O)NN1C[C@H](C(=O)OCC(=O)Nc2ccc(Br)cc2)CC1=O. The molecule has 1 heterocycles. The monoisotopic (exact) mass is 473 g/mol. The van der Waals surface area contributed by atoms with E-state index in [-0.39, 0.29) is 13.0 Å². The van der Waals surface area contributed by atoms with Crippen molar-refractivity contribution >= 4 is 45.3 Å². The minimum Gasteiger partial charge on any atom is -0.455 e. The number of rotatable bonds is 6. The Morgan fingerprint density at radius 1 is 1.13 bits per heavy atom. The van der Waals surface area contributed by atoms with Crippen molar-refractivity contribution in [2.45, 2.75) is 13.3 Å². The molecule has 1 atom stereocenters. The van der Waals surface area contributed by atoms with Crippen LogP contribution in [0.25, 0.3) is 0 Å². The number of carbonyl (C=O) groups is 4. The summed E-state index contributed by atoms with van der Waals surface area (Å²) in [6.45, 7) is 1.32. The molecule has 9 heteroatoms. The van der Waals surface area contributed by atoms with Crippen LogP contribution in [-0.4, -0.2) is 41.9 Å². The molecule has 3 amide bonds. The van der Waals surface area contributed by atoms with Crippen molar-refractivity contribution in [3.8, 4) is 0 Å². The molecule has 1 saturated heterocycles. The first-order valence-corrected chi connectivity index (χ1v) is 10.0. The van der Waals surface area contributed by atoms with E-state index < -0.39 is 36.2 Å². The molecule has 2 aromatic rings. The number of hydrazine groups is 1. The predicted molar refractivity (Wildman–Crippen MR) is 112 cm³/mol. The number of benzene rings is 2. The predicted octanol–water partition coefficient (Wildman–Crippen LogP) is 2.43. The van der Waals surface area contributed by atoms with Crippen molar-refractivity contribution in [2.75, 3.05) is 18.5 Å². The maximum atomic E-state index is 12.4. The summed E-state index contributed by atoms with van der Waals surface area (Å²) in [5.74, 6) is -2.72. The number of hydrogen-bond donors (Lipinski definition) is 2. The quantitative estimate of drug-likeness (QED) is 0.626. The minimum absolute atomic E-state index is 0.0103. The van der Waals surface area contributed by atoms with E-state index in [1.165, 1.54) is 0 Å². The minimum atomic E-state index is -0.754. The smallest absolute Gasteiger partial charge is 0.311 e. The maximum absolute atomic E-state index is 12.4. The average Bonchev–Trinajstić information content (AvgIpc) is 3.08. The van der Waals surface area contributed by atoms with Crippen LogP contribution >= 0.6 is 15.9 Å². The second-order valence-corrected chi connectivity index (χ2v) is 7.74. The van der Waals surface area contributed by atoms with Crippen LogP contribution in [-0.2, 0) is 19.1 Å². The number of esters is 1. The van der Waals surface area contributed by atoms with Gasteiger partial charge in [0.05, 0.1) is 12.5 Å². The highest BCUT2D eigenvalue weighted by molar-refractivity contribution is 9.10. The highest BCUT2D eigenvalue weighted by Gasteiger charge is 2.36. The van der Waals surface area contributed by atoms with E-state index in [9.17, 15) is 19.2 Å². The normalized spacial score (nSPS) is 15.6. The lowest BCUT2D eigenvalue weighted by Crippen LogP contribution is -2.43. The van der Waals surface area contributed by atoms with Gasteiger partial charge in [0.25, 0.3) is 11.8 Å². The molecule has 1 fully saturated rings. The summed E-state index contributed by atoms with van der Waals surface area (Å²) in [4.78, 5) is 48.7. The van der Waals surface area contributed by atoms with Crippen LogP contribution in [0.15, 0.2) is 53.0 Å². The number of amides is 3. The Morgan fingerprint density at radius 2 is 1.83 bits per heavy atom. The van der Waals surface area contributed by atoms with Gasteiger partial charge in [0.2, 0.25) is 5.91 Å². The highest BCUT2D eigenvalue weighted by atomic mass is 79.9. The van der Waals surface area contributed by atoms with Crippen LogP contribution in [0.5, 0.6) is 0 Å². The standard InChI is InChI=1S/C21H20BrN3O5/c1-13-4-2-3-5-17(13)20(28)24-25-11-14(10-19(25)27)21(29)30-12-18(26)23-16-8-6-15(22)7-9-16/h2-9,14H,10-12H2,1H3,(H,23,26)(H,24,28)/t14-/m1/s1. The topological polar surface area (TPSA) is 105 Å². The van der Waals surface area contributed by atoms with Crippen molar-refractivity contribution in [2.24, 2.45) is 5.92 Å². The lowest BCUT2D eigenvalue weighted by molar-refractivity contribution is -0.151. The molecular formula is C21H20BrN3O5. The zero-order valence-electron chi connectivity index (χ0n) is 16.2. The molecule has 0 radical (unpaired) electrons. The molecule has 0 aromatic heterocycles. The molecule has 0 unspecified atom stereocenters. The number of halogens is 1. The molecule has 0 bridgehead atoms. The maximum Gasteiger partial charge on any atom is 0.311 e. The highest BCUT2D eigenvalue weighted by Crippen LogP contribution is 2.19. The van der Waals surface area contributed by atoms with Gasteiger partial charge >= 0.3 is 5.97 Å². The van der Waals surface area contributed by atoms with E-state index in [0.717, 1.165) is 15.0 Å². The van der Waals surface area contributed by atoms with Crippen LogP contribution in [0.4, 0.5) is 5.69 Å². The van der Waals surface area contributed by atoms with E-state index in [1.807, 2.05) is 6.07 Å². The van der Waals surface area contributed by atoms with Crippen LogP contribution < -0.4 is 10.7 Å². The molecule has 30 heavy (non-hydrogen) atoms. The van der Waals surface area contributed by atoms with E-state index >= 15 is 0 Å².